The molecular formula is C11H9BrClN3S. The van der Waals surface area contributed by atoms with E-state index in [1.807, 2.05) is 31.2 Å². The second-order valence-corrected chi connectivity index (χ2v) is 5.67. The van der Waals surface area contributed by atoms with E-state index in [1.54, 1.807) is 0 Å². The van der Waals surface area contributed by atoms with E-state index in [9.17, 15) is 0 Å². The molecule has 88 valence electrons. The van der Waals surface area contributed by atoms with E-state index in [0.29, 0.717) is 16.4 Å². The number of nitrogens with zero attached hydrogens (tertiary/aromatic N) is 2. The van der Waals surface area contributed by atoms with Gasteiger partial charge in [0.2, 0.25) is 5.28 Å². The summed E-state index contributed by atoms with van der Waals surface area (Å²) in [7, 11) is 0. The van der Waals surface area contributed by atoms with Crippen LogP contribution in [0.4, 0.5) is 5.69 Å². The molecule has 0 fully saturated rings. The Balaban J connectivity index is 2.36. The molecule has 0 bridgehead atoms. The van der Waals surface area contributed by atoms with Crippen molar-refractivity contribution in [2.24, 2.45) is 0 Å². The highest BCUT2D eigenvalue weighted by atomic mass is 79.9. The van der Waals surface area contributed by atoms with E-state index in [4.69, 9.17) is 17.3 Å². The molecule has 0 spiro atoms. The lowest BCUT2D eigenvalue weighted by Crippen LogP contribution is -1.99. The number of halogens is 2. The first-order valence-electron chi connectivity index (χ1n) is 4.79. The first-order chi connectivity index (χ1) is 8.06. The monoisotopic (exact) mass is 329 g/mol. The summed E-state index contributed by atoms with van der Waals surface area (Å²) < 4.78 is 1.01. The predicted octanol–water partition coefficient (Wildman–Crippen LogP) is 3.93. The summed E-state index contributed by atoms with van der Waals surface area (Å²) in [5.74, 6) is 0. The molecule has 6 heteroatoms. The summed E-state index contributed by atoms with van der Waals surface area (Å²) in [4.78, 5) is 9.18. The quantitative estimate of drug-likeness (QED) is 0.669. The van der Waals surface area contributed by atoms with Crippen molar-refractivity contribution in [2.75, 3.05) is 5.73 Å². The number of aryl methyl sites for hydroxylation is 1. The number of hydrogen-bond acceptors (Lipinski definition) is 4. The number of hydrogen-bond donors (Lipinski definition) is 1. The van der Waals surface area contributed by atoms with Crippen molar-refractivity contribution >= 4 is 45.0 Å². The van der Waals surface area contributed by atoms with Gasteiger partial charge >= 0.3 is 0 Å². The molecule has 17 heavy (non-hydrogen) atoms. The van der Waals surface area contributed by atoms with Crippen LogP contribution in [0.2, 0.25) is 5.28 Å². The molecule has 0 radical (unpaired) electrons. The van der Waals surface area contributed by atoms with Gasteiger partial charge in [-0.25, -0.2) is 9.97 Å². The summed E-state index contributed by atoms with van der Waals surface area (Å²) in [5.41, 5.74) is 7.19. The van der Waals surface area contributed by atoms with Gasteiger partial charge in [-0.1, -0.05) is 33.8 Å². The van der Waals surface area contributed by atoms with Gasteiger partial charge in [0.15, 0.2) is 0 Å². The number of rotatable bonds is 2. The highest BCUT2D eigenvalue weighted by Crippen LogP contribution is 2.33. The smallest absolute Gasteiger partial charge is 0.223 e. The molecular weight excluding hydrogens is 322 g/mol. The zero-order chi connectivity index (χ0) is 12.4. The minimum Gasteiger partial charge on any atom is -0.395 e. The Kier molecular flexibility index (Phi) is 3.91. The highest BCUT2D eigenvalue weighted by molar-refractivity contribution is 9.10. The normalized spacial score (nSPS) is 10.5. The molecule has 0 saturated heterocycles. The Morgan fingerprint density at radius 3 is 2.82 bits per heavy atom. The van der Waals surface area contributed by atoms with Crippen molar-refractivity contribution in [2.45, 2.75) is 16.8 Å². The molecule has 3 nitrogen and oxygen atoms in total. The van der Waals surface area contributed by atoms with Crippen LogP contribution in [0.15, 0.2) is 38.7 Å². The molecule has 2 N–H and O–H groups in total. The zero-order valence-corrected chi connectivity index (χ0v) is 12.1. The third kappa shape index (κ3) is 3.12. The maximum Gasteiger partial charge on any atom is 0.223 e. The van der Waals surface area contributed by atoms with Gasteiger partial charge in [-0.15, -0.1) is 0 Å². The van der Waals surface area contributed by atoms with Crippen LogP contribution in [-0.2, 0) is 0 Å². The molecule has 0 atom stereocenters. The molecule has 0 aliphatic rings. The third-order valence-corrected chi connectivity index (χ3v) is 3.74. The standard InChI is InChI=1S/C11H9BrClN3S/c1-6-9(14)10(16-11(13)15-6)17-8-4-2-3-7(12)5-8/h2-5H,14H2,1H3. The van der Waals surface area contributed by atoms with Crippen molar-refractivity contribution in [1.82, 2.24) is 9.97 Å². The fourth-order valence-electron chi connectivity index (χ4n) is 1.24. The first kappa shape index (κ1) is 12.7. The van der Waals surface area contributed by atoms with Crippen LogP contribution in [0, 0.1) is 6.92 Å². The van der Waals surface area contributed by atoms with E-state index >= 15 is 0 Å². The fourth-order valence-corrected chi connectivity index (χ4v) is 3.00. The van der Waals surface area contributed by atoms with Crippen LogP contribution in [0.1, 0.15) is 5.69 Å². The maximum absolute atomic E-state index is 5.92. The average molecular weight is 331 g/mol. The summed E-state index contributed by atoms with van der Waals surface area (Å²) in [6.45, 7) is 1.81. The zero-order valence-electron chi connectivity index (χ0n) is 8.95. The minimum atomic E-state index is 0.217. The van der Waals surface area contributed by atoms with Crippen LogP contribution in [-0.4, -0.2) is 9.97 Å². The van der Waals surface area contributed by atoms with Gasteiger partial charge in [0.25, 0.3) is 0 Å². The van der Waals surface area contributed by atoms with Gasteiger partial charge in [-0.05, 0) is 36.7 Å². The second kappa shape index (κ2) is 5.25. The van der Waals surface area contributed by atoms with Crippen LogP contribution >= 0.6 is 39.3 Å². The highest BCUT2D eigenvalue weighted by Gasteiger charge is 2.09. The molecule has 2 aromatic rings. The van der Waals surface area contributed by atoms with E-state index in [-0.39, 0.29) is 5.28 Å². The van der Waals surface area contributed by atoms with Crippen molar-refractivity contribution in [1.29, 1.82) is 0 Å². The Labute approximate surface area is 117 Å². The third-order valence-electron chi connectivity index (χ3n) is 2.08. The fraction of sp³-hybridized carbons (Fsp3) is 0.0909. The molecule has 0 unspecified atom stereocenters. The Morgan fingerprint density at radius 2 is 2.12 bits per heavy atom. The Hall–Kier alpha value is -0.780. The molecule has 0 aliphatic heterocycles. The van der Waals surface area contributed by atoms with E-state index in [2.05, 4.69) is 25.9 Å². The first-order valence-corrected chi connectivity index (χ1v) is 6.78. The maximum atomic E-state index is 5.92. The summed E-state index contributed by atoms with van der Waals surface area (Å²) in [5, 5.41) is 0.898. The van der Waals surface area contributed by atoms with E-state index in [1.165, 1.54) is 11.8 Å². The van der Waals surface area contributed by atoms with Crippen molar-refractivity contribution in [3.8, 4) is 0 Å². The number of nitrogen functional groups attached to an aromatic ring is 1. The minimum absolute atomic E-state index is 0.217. The second-order valence-electron chi connectivity index (χ2n) is 3.36. The summed E-state index contributed by atoms with van der Waals surface area (Å²) in [6.07, 6.45) is 0. The predicted molar refractivity (Wildman–Crippen MR) is 74.5 cm³/mol. The number of aromatic nitrogens is 2. The lowest BCUT2D eigenvalue weighted by Gasteiger charge is -2.07. The van der Waals surface area contributed by atoms with Crippen molar-refractivity contribution < 1.29 is 0 Å². The SMILES string of the molecule is Cc1nc(Cl)nc(Sc2cccc(Br)c2)c1N. The number of benzene rings is 1. The largest absolute Gasteiger partial charge is 0.395 e. The van der Waals surface area contributed by atoms with Crippen LogP contribution < -0.4 is 5.73 Å². The molecule has 0 aliphatic carbocycles. The van der Waals surface area contributed by atoms with Gasteiger partial charge in [0.1, 0.15) is 5.03 Å². The van der Waals surface area contributed by atoms with Gasteiger partial charge in [0.05, 0.1) is 11.4 Å². The van der Waals surface area contributed by atoms with Crippen LogP contribution in [0.25, 0.3) is 0 Å². The topological polar surface area (TPSA) is 51.8 Å². The molecule has 0 amide bonds. The number of nitrogens with two attached hydrogens (primary N) is 1. The van der Waals surface area contributed by atoms with Crippen molar-refractivity contribution in [3.63, 3.8) is 0 Å². The van der Waals surface area contributed by atoms with Gasteiger partial charge in [-0.2, -0.15) is 0 Å². The van der Waals surface area contributed by atoms with Gasteiger partial charge < -0.3 is 5.73 Å². The Morgan fingerprint density at radius 1 is 1.35 bits per heavy atom. The molecule has 1 aromatic carbocycles. The van der Waals surface area contributed by atoms with Gasteiger partial charge in [0, 0.05) is 9.37 Å². The molecule has 2 rings (SSSR count). The van der Waals surface area contributed by atoms with Gasteiger partial charge in [-0.3, -0.25) is 0 Å². The van der Waals surface area contributed by atoms with Crippen LogP contribution in [0.5, 0.6) is 0 Å². The molecule has 1 aromatic heterocycles. The van der Waals surface area contributed by atoms with Crippen LogP contribution in [0.3, 0.4) is 0 Å². The molecule has 0 saturated carbocycles. The summed E-state index contributed by atoms with van der Waals surface area (Å²) in [6, 6.07) is 7.90. The van der Waals surface area contributed by atoms with Crippen molar-refractivity contribution in [3.05, 3.63) is 39.7 Å². The lowest BCUT2D eigenvalue weighted by atomic mass is 10.4. The lowest BCUT2D eigenvalue weighted by molar-refractivity contribution is 1.02. The average Bonchev–Trinajstić information content (AvgIpc) is 2.25. The number of anilines is 1. The van der Waals surface area contributed by atoms with E-state index in [0.717, 1.165) is 9.37 Å². The molecule has 1 heterocycles. The Bertz CT molecular complexity index is 562. The van der Waals surface area contributed by atoms with E-state index < -0.39 is 0 Å². The summed E-state index contributed by atoms with van der Waals surface area (Å²) >= 11 is 10.7.